The van der Waals surface area contributed by atoms with Crippen molar-refractivity contribution in [2.45, 2.75) is 63.3 Å². The van der Waals surface area contributed by atoms with Gasteiger partial charge in [0.2, 0.25) is 0 Å². The first-order valence-electron chi connectivity index (χ1n) is 14.3. The van der Waals surface area contributed by atoms with Crippen LogP contribution in [0.4, 0.5) is 17.6 Å². The number of carbonyl (C=O) groups excluding carboxylic acids is 1. The Bertz CT molecular complexity index is 1750. The number of nitriles is 1. The first-order valence-corrected chi connectivity index (χ1v) is 14.3. The molecule has 2 saturated heterocycles. The van der Waals surface area contributed by atoms with Crippen molar-refractivity contribution in [3.8, 4) is 17.3 Å². The molecule has 0 spiro atoms. The van der Waals surface area contributed by atoms with E-state index in [0.29, 0.717) is 25.9 Å². The standard InChI is InChI=1S/C30H31F4N9O/c1-28(2,3)42-13-7-22-24(37-18-38-26(22)42)19-14-39-43(15-19)29(8-9-35)16-41(17-29)20-5-11-40(12-6-20)27(44)21-4-10-36-25(23(21)31)30(32,33)34/h4,7,10,13-15,18,20H,5-6,8,11-12,16-17H2,1-3H3. The van der Waals surface area contributed by atoms with Crippen LogP contribution in [0.25, 0.3) is 22.3 Å². The lowest BCUT2D eigenvalue weighted by Gasteiger charge is -2.53. The number of hydrogen-bond acceptors (Lipinski definition) is 7. The molecule has 0 aromatic carbocycles. The highest BCUT2D eigenvalue weighted by Crippen LogP contribution is 2.38. The van der Waals surface area contributed by atoms with Crippen molar-refractivity contribution in [2.24, 2.45) is 0 Å². The molecule has 0 aliphatic carbocycles. The van der Waals surface area contributed by atoms with Crippen LogP contribution in [0.1, 0.15) is 56.1 Å². The van der Waals surface area contributed by atoms with Gasteiger partial charge in [0.1, 0.15) is 17.5 Å². The van der Waals surface area contributed by atoms with Crippen LogP contribution < -0.4 is 0 Å². The van der Waals surface area contributed by atoms with E-state index in [4.69, 9.17) is 0 Å². The topological polar surface area (TPSA) is 109 Å². The van der Waals surface area contributed by atoms with Crippen LogP contribution in [0.3, 0.4) is 0 Å². The lowest BCUT2D eigenvalue weighted by Crippen LogP contribution is -2.66. The predicted octanol–water partition coefficient (Wildman–Crippen LogP) is 4.83. The number of amides is 1. The SMILES string of the molecule is CC(C)(C)n1ccc2c(-c3cnn(C4(CC#N)CN(C5CCN(C(=O)c6ccnc(C(F)(F)F)c6F)CC5)C4)c3)ncnc21. The summed E-state index contributed by atoms with van der Waals surface area (Å²) in [6.07, 6.45) is 4.43. The molecule has 4 aromatic rings. The third kappa shape index (κ3) is 5.08. The van der Waals surface area contributed by atoms with Crippen molar-refractivity contribution >= 4 is 16.9 Å². The molecule has 1 amide bonds. The highest BCUT2D eigenvalue weighted by molar-refractivity contribution is 5.94. The molecule has 0 N–H and O–H groups in total. The normalized spacial score (nSPS) is 17.9. The number of rotatable bonds is 5. The number of pyridine rings is 1. The van der Waals surface area contributed by atoms with Crippen LogP contribution in [0, 0.1) is 17.1 Å². The zero-order chi connectivity index (χ0) is 31.4. The maximum absolute atomic E-state index is 14.5. The van der Waals surface area contributed by atoms with Crippen molar-refractivity contribution in [1.29, 1.82) is 5.26 Å². The number of carbonyl (C=O) groups is 1. The summed E-state index contributed by atoms with van der Waals surface area (Å²) in [5, 5.41) is 15.2. The summed E-state index contributed by atoms with van der Waals surface area (Å²) >= 11 is 0. The van der Waals surface area contributed by atoms with Gasteiger partial charge in [-0.1, -0.05) is 0 Å². The van der Waals surface area contributed by atoms with E-state index in [9.17, 15) is 27.6 Å². The molecule has 0 bridgehead atoms. The van der Waals surface area contributed by atoms with Crippen molar-refractivity contribution in [3.05, 3.63) is 60.3 Å². The van der Waals surface area contributed by atoms with Gasteiger partial charge in [-0.05, 0) is 45.7 Å². The summed E-state index contributed by atoms with van der Waals surface area (Å²) in [5.41, 5.74) is -0.596. The lowest BCUT2D eigenvalue weighted by molar-refractivity contribution is -0.143. The maximum Gasteiger partial charge on any atom is 0.436 e. The lowest BCUT2D eigenvalue weighted by atomic mass is 9.83. The number of fused-ring (bicyclic) bond motifs is 1. The summed E-state index contributed by atoms with van der Waals surface area (Å²) in [7, 11) is 0. The molecule has 4 aromatic heterocycles. The van der Waals surface area contributed by atoms with Crippen molar-refractivity contribution in [1.82, 2.24) is 39.1 Å². The molecule has 0 saturated carbocycles. The number of nitrogens with zero attached hydrogens (tertiary/aromatic N) is 9. The second-order valence-corrected chi connectivity index (χ2v) is 12.5. The Morgan fingerprint density at radius 1 is 1.11 bits per heavy atom. The van der Waals surface area contributed by atoms with E-state index in [0.717, 1.165) is 34.6 Å². The van der Waals surface area contributed by atoms with Crippen LogP contribution in [0.15, 0.2) is 43.2 Å². The summed E-state index contributed by atoms with van der Waals surface area (Å²) < 4.78 is 57.7. The fourth-order valence-corrected chi connectivity index (χ4v) is 6.29. The molecule has 2 fully saturated rings. The Morgan fingerprint density at radius 3 is 2.50 bits per heavy atom. The number of aromatic nitrogens is 6. The average Bonchev–Trinajstić information content (AvgIpc) is 3.62. The summed E-state index contributed by atoms with van der Waals surface area (Å²) in [4.78, 5) is 28.6. The van der Waals surface area contributed by atoms with Gasteiger partial charge in [0, 0.05) is 67.3 Å². The van der Waals surface area contributed by atoms with Gasteiger partial charge in [0.15, 0.2) is 11.5 Å². The summed E-state index contributed by atoms with van der Waals surface area (Å²) in [6.45, 7) is 8.03. The number of likely N-dealkylation sites (tertiary alicyclic amines) is 2. The first kappa shape index (κ1) is 29.7. The Balaban J connectivity index is 1.14. The number of piperidine rings is 1. The molecule has 230 valence electrons. The van der Waals surface area contributed by atoms with E-state index in [1.807, 2.05) is 23.1 Å². The van der Waals surface area contributed by atoms with Crippen LogP contribution in [0.5, 0.6) is 0 Å². The monoisotopic (exact) mass is 609 g/mol. The minimum atomic E-state index is -4.99. The molecule has 2 aliphatic rings. The van der Waals surface area contributed by atoms with Gasteiger partial charge in [0.05, 0.1) is 29.9 Å². The van der Waals surface area contributed by atoms with E-state index in [1.54, 1.807) is 12.5 Å². The predicted molar refractivity (Wildman–Crippen MR) is 152 cm³/mol. The van der Waals surface area contributed by atoms with Gasteiger partial charge in [-0.25, -0.2) is 19.3 Å². The molecule has 6 rings (SSSR count). The van der Waals surface area contributed by atoms with E-state index in [2.05, 4.69) is 56.4 Å². The van der Waals surface area contributed by atoms with Crippen LogP contribution in [0.2, 0.25) is 0 Å². The van der Waals surface area contributed by atoms with Crippen LogP contribution in [-0.4, -0.2) is 77.2 Å². The third-order valence-corrected chi connectivity index (χ3v) is 8.61. The first-order chi connectivity index (χ1) is 20.8. The molecule has 44 heavy (non-hydrogen) atoms. The van der Waals surface area contributed by atoms with Crippen molar-refractivity contribution in [3.63, 3.8) is 0 Å². The Hall–Kier alpha value is -4.38. The van der Waals surface area contributed by atoms with Gasteiger partial charge in [-0.2, -0.15) is 23.5 Å². The Kier molecular flexibility index (Phi) is 7.19. The molecule has 0 radical (unpaired) electrons. The van der Waals surface area contributed by atoms with E-state index < -0.39 is 34.7 Å². The average molecular weight is 610 g/mol. The van der Waals surface area contributed by atoms with E-state index in [-0.39, 0.29) is 31.1 Å². The van der Waals surface area contributed by atoms with Gasteiger partial charge < -0.3 is 9.47 Å². The summed E-state index contributed by atoms with van der Waals surface area (Å²) in [6, 6.07) is 5.39. The number of hydrogen-bond donors (Lipinski definition) is 0. The fourth-order valence-electron chi connectivity index (χ4n) is 6.29. The largest absolute Gasteiger partial charge is 0.436 e. The number of alkyl halides is 3. The minimum absolute atomic E-state index is 0.104. The molecule has 14 heteroatoms. The van der Waals surface area contributed by atoms with Gasteiger partial charge >= 0.3 is 6.18 Å². The highest BCUT2D eigenvalue weighted by Gasteiger charge is 2.48. The maximum atomic E-state index is 14.5. The molecule has 0 atom stereocenters. The number of halogens is 4. The fraction of sp³-hybridized carbons (Fsp3) is 0.467. The Morgan fingerprint density at radius 2 is 1.84 bits per heavy atom. The Labute approximate surface area is 250 Å². The van der Waals surface area contributed by atoms with E-state index in [1.165, 1.54) is 4.90 Å². The molecule has 2 aliphatic heterocycles. The highest BCUT2D eigenvalue weighted by atomic mass is 19.4. The molecule has 6 heterocycles. The van der Waals surface area contributed by atoms with Crippen LogP contribution in [-0.2, 0) is 17.3 Å². The zero-order valence-electron chi connectivity index (χ0n) is 24.5. The van der Waals surface area contributed by atoms with Gasteiger partial charge in [-0.3, -0.25) is 14.4 Å². The van der Waals surface area contributed by atoms with Gasteiger partial charge in [-0.15, -0.1) is 0 Å². The van der Waals surface area contributed by atoms with Crippen molar-refractivity contribution in [2.75, 3.05) is 26.2 Å². The summed E-state index contributed by atoms with van der Waals surface area (Å²) in [5.74, 6) is -2.43. The smallest absolute Gasteiger partial charge is 0.338 e. The molecule has 10 nitrogen and oxygen atoms in total. The quantitative estimate of drug-likeness (QED) is 0.298. The molecule has 0 unspecified atom stereocenters. The second kappa shape index (κ2) is 10.7. The van der Waals surface area contributed by atoms with Crippen LogP contribution >= 0.6 is 0 Å². The second-order valence-electron chi connectivity index (χ2n) is 12.5. The minimum Gasteiger partial charge on any atom is -0.338 e. The van der Waals surface area contributed by atoms with E-state index >= 15 is 0 Å². The molecular formula is C30H31F4N9O. The molecular weight excluding hydrogens is 578 g/mol. The third-order valence-electron chi connectivity index (χ3n) is 8.61. The van der Waals surface area contributed by atoms with Gasteiger partial charge in [0.25, 0.3) is 5.91 Å². The zero-order valence-corrected chi connectivity index (χ0v) is 24.5. The van der Waals surface area contributed by atoms with Crippen molar-refractivity contribution < 1.29 is 22.4 Å².